The van der Waals surface area contributed by atoms with Crippen LogP contribution in [0.15, 0.2) is 46.4 Å². The molecule has 4 amide bonds. The minimum Gasteiger partial charge on any atom is -0.368 e. The number of nitrogens with one attached hydrogen (secondary N) is 2. The summed E-state index contributed by atoms with van der Waals surface area (Å²) in [5, 5.41) is 6.03. The Morgan fingerprint density at radius 1 is 1.22 bits per heavy atom. The summed E-state index contributed by atoms with van der Waals surface area (Å²) in [5.74, 6) is -0.442. The first-order valence-corrected chi connectivity index (χ1v) is 13.3. The molecule has 4 aliphatic rings. The van der Waals surface area contributed by atoms with Crippen LogP contribution in [0.4, 0.5) is 10.5 Å². The Morgan fingerprint density at radius 2 is 2.06 bits per heavy atom. The minimum atomic E-state index is -0.395. The lowest BCUT2D eigenvalue weighted by atomic mass is 9.92. The number of imide groups is 2. The fourth-order valence-corrected chi connectivity index (χ4v) is 6.06. The van der Waals surface area contributed by atoms with Crippen LogP contribution in [0.25, 0.3) is 6.08 Å². The molecule has 3 aliphatic heterocycles. The van der Waals surface area contributed by atoms with E-state index in [0.717, 1.165) is 42.5 Å². The molecule has 1 unspecified atom stereocenters. The predicted molar refractivity (Wildman–Crippen MR) is 140 cm³/mol. The maximum absolute atomic E-state index is 12.7. The number of thioether (sulfide) groups is 1. The number of allylic oxidation sites excluding steroid dienone is 1. The van der Waals surface area contributed by atoms with Crippen LogP contribution in [0.5, 0.6) is 0 Å². The number of benzene rings is 1. The van der Waals surface area contributed by atoms with Gasteiger partial charge < -0.3 is 10.2 Å². The zero-order valence-electron chi connectivity index (χ0n) is 19.9. The van der Waals surface area contributed by atoms with Crippen molar-refractivity contribution in [2.24, 2.45) is 5.92 Å². The summed E-state index contributed by atoms with van der Waals surface area (Å²) in [5.41, 5.74) is 2.84. The lowest BCUT2D eigenvalue weighted by Gasteiger charge is -2.23. The van der Waals surface area contributed by atoms with Gasteiger partial charge in [0, 0.05) is 42.4 Å². The molecule has 0 radical (unpaired) electrons. The van der Waals surface area contributed by atoms with Gasteiger partial charge in [-0.2, -0.15) is 0 Å². The zero-order valence-corrected chi connectivity index (χ0v) is 21.5. The summed E-state index contributed by atoms with van der Waals surface area (Å²) >= 11 is 7.44. The topological polar surface area (TPSA) is 98.8 Å². The highest BCUT2D eigenvalue weighted by atomic mass is 35.5. The van der Waals surface area contributed by atoms with E-state index in [1.807, 2.05) is 31.2 Å². The Bertz CT molecular complexity index is 1240. The number of hydrogen-bond acceptors (Lipinski definition) is 7. The van der Waals surface area contributed by atoms with Gasteiger partial charge in [0.2, 0.25) is 0 Å². The number of amides is 4. The number of nitrogens with zero attached hydrogens (tertiary/aromatic N) is 2. The normalized spacial score (nSPS) is 25.0. The highest BCUT2D eigenvalue weighted by molar-refractivity contribution is 8.18. The summed E-state index contributed by atoms with van der Waals surface area (Å²) < 4.78 is 0. The molecule has 0 bridgehead atoms. The SMILES string of the molecule is CC1C=CC2=C(C1)C(=O)N(CCCN[C@H]1CCN(c3c(Cl)cccc3/C=C3\SC(=O)NC3=O)C1)C2=O. The zero-order chi connectivity index (χ0) is 25.4. The van der Waals surface area contributed by atoms with Crippen molar-refractivity contribution in [3.63, 3.8) is 0 Å². The Hall–Kier alpha value is -2.88. The van der Waals surface area contributed by atoms with E-state index in [0.29, 0.717) is 47.0 Å². The van der Waals surface area contributed by atoms with Crippen molar-refractivity contribution in [2.45, 2.75) is 32.2 Å². The van der Waals surface area contributed by atoms with Gasteiger partial charge in [0.05, 0.1) is 15.6 Å². The maximum Gasteiger partial charge on any atom is 0.290 e. The highest BCUT2D eigenvalue weighted by Gasteiger charge is 2.38. The van der Waals surface area contributed by atoms with Crippen molar-refractivity contribution in [2.75, 3.05) is 31.1 Å². The molecule has 2 fully saturated rings. The number of rotatable bonds is 7. The van der Waals surface area contributed by atoms with Crippen LogP contribution in [-0.2, 0) is 14.4 Å². The molecule has 0 aromatic heterocycles. The van der Waals surface area contributed by atoms with Crippen LogP contribution in [0.2, 0.25) is 5.02 Å². The summed E-state index contributed by atoms with van der Waals surface area (Å²) in [4.78, 5) is 52.8. The van der Waals surface area contributed by atoms with Gasteiger partial charge in [-0.1, -0.05) is 42.8 Å². The van der Waals surface area contributed by atoms with E-state index in [1.165, 1.54) is 4.90 Å². The fraction of sp³-hybridized carbons (Fsp3) is 0.385. The largest absolute Gasteiger partial charge is 0.368 e. The monoisotopic (exact) mass is 526 g/mol. The summed E-state index contributed by atoms with van der Waals surface area (Å²) in [6.45, 7) is 4.66. The van der Waals surface area contributed by atoms with Gasteiger partial charge in [-0.3, -0.25) is 29.4 Å². The average Bonchev–Trinajstić information content (AvgIpc) is 3.49. The van der Waals surface area contributed by atoms with Gasteiger partial charge >= 0.3 is 0 Å². The van der Waals surface area contributed by atoms with E-state index < -0.39 is 5.91 Å². The Labute approximate surface area is 218 Å². The van der Waals surface area contributed by atoms with Crippen LogP contribution < -0.4 is 15.5 Å². The maximum atomic E-state index is 12.7. The molecule has 2 atom stereocenters. The number of halogens is 1. The fourth-order valence-electron chi connectivity index (χ4n) is 5.09. The van der Waals surface area contributed by atoms with Crippen LogP contribution in [-0.4, -0.2) is 60.1 Å². The molecule has 3 heterocycles. The van der Waals surface area contributed by atoms with Crippen LogP contribution in [0.3, 0.4) is 0 Å². The standard InChI is InChI=1S/C26H27ClN4O4S/c1-15-6-7-18-19(12-15)25(34)31(24(18)33)10-3-9-28-17-8-11-30(14-17)22-16(4-2-5-20(22)27)13-21-23(32)29-26(35)36-21/h2,4-7,13,15,17,28H,3,8-12,14H2,1H3,(H,29,32,35)/b21-13-/t15?,17-/m0/s1. The summed E-state index contributed by atoms with van der Waals surface area (Å²) in [7, 11) is 0. The Kier molecular flexibility index (Phi) is 7.05. The lowest BCUT2D eigenvalue weighted by molar-refractivity contribution is -0.137. The molecule has 8 nitrogen and oxygen atoms in total. The first-order valence-electron chi connectivity index (χ1n) is 12.1. The number of hydrogen-bond donors (Lipinski definition) is 2. The second kappa shape index (κ2) is 10.2. The summed E-state index contributed by atoms with van der Waals surface area (Å²) in [6, 6.07) is 5.76. The van der Waals surface area contributed by atoms with Crippen molar-refractivity contribution in [3.05, 3.63) is 57.0 Å². The van der Waals surface area contributed by atoms with Crippen LogP contribution >= 0.6 is 23.4 Å². The van der Waals surface area contributed by atoms with E-state index in [4.69, 9.17) is 11.6 Å². The highest BCUT2D eigenvalue weighted by Crippen LogP contribution is 2.36. The van der Waals surface area contributed by atoms with Crippen molar-refractivity contribution < 1.29 is 19.2 Å². The quantitative estimate of drug-likeness (QED) is 0.319. The molecular weight excluding hydrogens is 500 g/mol. The molecule has 0 saturated carbocycles. The van der Waals surface area contributed by atoms with Gasteiger partial charge in [0.1, 0.15) is 0 Å². The van der Waals surface area contributed by atoms with E-state index >= 15 is 0 Å². The molecule has 1 aromatic rings. The molecule has 188 valence electrons. The van der Waals surface area contributed by atoms with Crippen molar-refractivity contribution >= 4 is 58.1 Å². The Morgan fingerprint density at radius 3 is 2.83 bits per heavy atom. The summed E-state index contributed by atoms with van der Waals surface area (Å²) in [6.07, 6.45) is 7.71. The van der Waals surface area contributed by atoms with E-state index in [9.17, 15) is 19.2 Å². The second-order valence-corrected chi connectivity index (χ2v) is 10.9. The number of para-hydroxylation sites is 1. The predicted octanol–water partition coefficient (Wildman–Crippen LogP) is 3.48. The smallest absolute Gasteiger partial charge is 0.290 e. The van der Waals surface area contributed by atoms with E-state index in [1.54, 1.807) is 12.2 Å². The first-order chi connectivity index (χ1) is 17.3. The van der Waals surface area contributed by atoms with Crippen molar-refractivity contribution in [3.8, 4) is 0 Å². The molecule has 1 aliphatic carbocycles. The molecule has 10 heteroatoms. The first kappa shape index (κ1) is 24.8. The number of carbonyl (C=O) groups is 4. The van der Waals surface area contributed by atoms with Gasteiger partial charge in [0.15, 0.2) is 0 Å². The molecule has 2 saturated heterocycles. The minimum absolute atomic E-state index is 0.144. The molecule has 1 aromatic carbocycles. The third-order valence-electron chi connectivity index (χ3n) is 6.86. The van der Waals surface area contributed by atoms with Crippen LogP contribution in [0, 0.1) is 5.92 Å². The lowest BCUT2D eigenvalue weighted by Crippen LogP contribution is -2.37. The Balaban J connectivity index is 1.15. The van der Waals surface area contributed by atoms with E-state index in [-0.39, 0.29) is 29.0 Å². The van der Waals surface area contributed by atoms with Gasteiger partial charge in [-0.15, -0.1) is 0 Å². The molecule has 2 N–H and O–H groups in total. The van der Waals surface area contributed by atoms with Crippen LogP contribution in [0.1, 0.15) is 31.7 Å². The second-order valence-electron chi connectivity index (χ2n) is 9.46. The number of anilines is 1. The van der Waals surface area contributed by atoms with Gasteiger partial charge in [0.25, 0.3) is 23.0 Å². The van der Waals surface area contributed by atoms with E-state index in [2.05, 4.69) is 15.5 Å². The molecule has 36 heavy (non-hydrogen) atoms. The van der Waals surface area contributed by atoms with Crippen molar-refractivity contribution in [1.29, 1.82) is 0 Å². The average molecular weight is 527 g/mol. The van der Waals surface area contributed by atoms with Gasteiger partial charge in [-0.25, -0.2) is 0 Å². The van der Waals surface area contributed by atoms with Gasteiger partial charge in [-0.05, 0) is 55.6 Å². The molecular formula is C26H27ClN4O4S. The third-order valence-corrected chi connectivity index (χ3v) is 7.98. The molecule has 5 rings (SSSR count). The number of carbonyl (C=O) groups excluding carboxylic acids is 4. The van der Waals surface area contributed by atoms with Crippen molar-refractivity contribution in [1.82, 2.24) is 15.5 Å². The third kappa shape index (κ3) is 4.87. The molecule has 0 spiro atoms.